The number of anilines is 3. The lowest BCUT2D eigenvalue weighted by molar-refractivity contribution is 0.669. The molecule has 8 aromatic carbocycles. The van der Waals surface area contributed by atoms with Gasteiger partial charge >= 0.3 is 0 Å². The molecule has 3 heteroatoms. The lowest BCUT2D eigenvalue weighted by atomic mass is 9.92. The van der Waals surface area contributed by atoms with Crippen molar-refractivity contribution in [3.63, 3.8) is 0 Å². The molecule has 0 fully saturated rings. The highest BCUT2D eigenvalue weighted by Gasteiger charge is 2.18. The van der Waals surface area contributed by atoms with Crippen LogP contribution < -0.4 is 4.90 Å². The molecule has 10 rings (SSSR count). The predicted molar refractivity (Wildman–Crippen MR) is 218 cm³/mol. The topological polar surface area (TPSA) is 16.4 Å². The minimum Gasteiger partial charge on any atom is -0.456 e. The molecule has 0 bridgehead atoms. The number of nitrogens with zero attached hydrogens (tertiary/aromatic N) is 1. The van der Waals surface area contributed by atoms with Gasteiger partial charge in [-0.05, 0) is 100 Å². The zero-order valence-corrected chi connectivity index (χ0v) is 28.5. The molecule has 2 nitrogen and oxygen atoms in total. The molecule has 2 aromatic heterocycles. The van der Waals surface area contributed by atoms with Crippen LogP contribution in [-0.2, 0) is 0 Å². The van der Waals surface area contributed by atoms with E-state index in [1.165, 1.54) is 42.4 Å². The third-order valence-electron chi connectivity index (χ3n) is 9.89. The van der Waals surface area contributed by atoms with E-state index in [2.05, 4.69) is 181 Å². The minimum absolute atomic E-state index is 0.895. The van der Waals surface area contributed by atoms with E-state index in [0.717, 1.165) is 50.1 Å². The predicted octanol–water partition coefficient (Wildman–Crippen LogP) is 14.4. The molecule has 0 saturated heterocycles. The molecule has 0 unspecified atom stereocenters. The molecule has 0 atom stereocenters. The van der Waals surface area contributed by atoms with Crippen molar-refractivity contribution >= 4 is 70.5 Å². The van der Waals surface area contributed by atoms with Crippen molar-refractivity contribution in [3.05, 3.63) is 188 Å². The Bertz CT molecular complexity index is 2830. The Morgan fingerprint density at radius 1 is 0.333 bits per heavy atom. The van der Waals surface area contributed by atoms with E-state index in [1.54, 1.807) is 0 Å². The van der Waals surface area contributed by atoms with Gasteiger partial charge in [0.2, 0.25) is 0 Å². The van der Waals surface area contributed by atoms with Gasteiger partial charge in [0.1, 0.15) is 11.2 Å². The summed E-state index contributed by atoms with van der Waals surface area (Å²) >= 11 is 1.85. The quantitative estimate of drug-likeness (QED) is 0.175. The van der Waals surface area contributed by atoms with Gasteiger partial charge in [-0.2, -0.15) is 0 Å². The molecule has 10 aromatic rings. The second kappa shape index (κ2) is 12.2. The summed E-state index contributed by atoms with van der Waals surface area (Å²) < 4.78 is 8.98. The van der Waals surface area contributed by atoms with Gasteiger partial charge in [-0.3, -0.25) is 0 Å². The standard InChI is InChI=1S/C48H31NOS/c1-3-11-32(12-4-1)33-19-23-36(24-20-33)49(38-27-28-48-44(29-38)40-16-8-10-18-47(40)51-48)37-25-21-35(22-26-37)42-31-46-43(39-15-7-9-17-45(39)50-46)30-41(42)34-13-5-2-6-14-34/h1-31H. The molecule has 51 heavy (non-hydrogen) atoms. The summed E-state index contributed by atoms with van der Waals surface area (Å²) in [6, 6.07) is 67.5. The Hall–Kier alpha value is -6.42. The molecule has 240 valence electrons. The van der Waals surface area contributed by atoms with Crippen LogP contribution in [0.3, 0.4) is 0 Å². The maximum Gasteiger partial charge on any atom is 0.136 e. The summed E-state index contributed by atoms with van der Waals surface area (Å²) in [6.45, 7) is 0. The van der Waals surface area contributed by atoms with Gasteiger partial charge in [0.05, 0.1) is 0 Å². The normalized spacial score (nSPS) is 11.5. The summed E-state index contributed by atoms with van der Waals surface area (Å²) in [5.74, 6) is 0. The SMILES string of the molecule is c1ccc(-c2ccc(N(c3ccc(-c4cc5oc6ccccc6c5cc4-c4ccccc4)cc3)c3ccc4sc5ccccc5c4c3)cc2)cc1. The molecule has 0 radical (unpaired) electrons. The van der Waals surface area contributed by atoms with Crippen LogP contribution >= 0.6 is 11.3 Å². The van der Waals surface area contributed by atoms with Gasteiger partial charge < -0.3 is 9.32 Å². The van der Waals surface area contributed by atoms with Crippen molar-refractivity contribution in [1.82, 2.24) is 0 Å². The average Bonchev–Trinajstić information content (AvgIpc) is 3.76. The molecule has 0 amide bonds. The first-order valence-electron chi connectivity index (χ1n) is 17.2. The van der Waals surface area contributed by atoms with Crippen molar-refractivity contribution in [2.75, 3.05) is 4.90 Å². The number of benzene rings is 8. The number of hydrogen-bond acceptors (Lipinski definition) is 3. The van der Waals surface area contributed by atoms with Crippen molar-refractivity contribution in [1.29, 1.82) is 0 Å². The highest BCUT2D eigenvalue weighted by molar-refractivity contribution is 7.25. The first-order chi connectivity index (χ1) is 25.3. The highest BCUT2D eigenvalue weighted by atomic mass is 32.1. The smallest absolute Gasteiger partial charge is 0.136 e. The molecular formula is C48H31NOS. The van der Waals surface area contributed by atoms with Crippen molar-refractivity contribution in [2.45, 2.75) is 0 Å². The molecule has 0 spiro atoms. The monoisotopic (exact) mass is 669 g/mol. The van der Waals surface area contributed by atoms with E-state index in [4.69, 9.17) is 4.42 Å². The number of para-hydroxylation sites is 1. The van der Waals surface area contributed by atoms with Crippen LogP contribution in [0.15, 0.2) is 192 Å². The van der Waals surface area contributed by atoms with E-state index >= 15 is 0 Å². The lowest BCUT2D eigenvalue weighted by Crippen LogP contribution is -2.09. The van der Waals surface area contributed by atoms with E-state index in [-0.39, 0.29) is 0 Å². The van der Waals surface area contributed by atoms with Gasteiger partial charge in [-0.25, -0.2) is 0 Å². The maximum absolute atomic E-state index is 6.38. The van der Waals surface area contributed by atoms with Crippen molar-refractivity contribution < 1.29 is 4.42 Å². The summed E-state index contributed by atoms with van der Waals surface area (Å²) in [6.07, 6.45) is 0. The molecule has 0 saturated carbocycles. The van der Waals surface area contributed by atoms with E-state index < -0.39 is 0 Å². The minimum atomic E-state index is 0.895. The number of hydrogen-bond donors (Lipinski definition) is 0. The van der Waals surface area contributed by atoms with Gasteiger partial charge in [0, 0.05) is 48.0 Å². The Labute approximate surface area is 300 Å². The average molecular weight is 670 g/mol. The van der Waals surface area contributed by atoms with Crippen LogP contribution in [-0.4, -0.2) is 0 Å². The van der Waals surface area contributed by atoms with Crippen molar-refractivity contribution in [3.8, 4) is 33.4 Å². The number of fused-ring (bicyclic) bond motifs is 6. The zero-order chi connectivity index (χ0) is 33.7. The Morgan fingerprint density at radius 3 is 1.61 bits per heavy atom. The Kier molecular flexibility index (Phi) is 7.04. The number of furan rings is 1. The fourth-order valence-corrected chi connectivity index (χ4v) is 8.48. The maximum atomic E-state index is 6.38. The van der Waals surface area contributed by atoms with Gasteiger partial charge in [-0.15, -0.1) is 11.3 Å². The first kappa shape index (κ1) is 29.5. The second-order valence-electron chi connectivity index (χ2n) is 12.9. The third kappa shape index (κ3) is 5.18. The van der Waals surface area contributed by atoms with E-state index in [0.29, 0.717) is 0 Å². The van der Waals surface area contributed by atoms with Crippen LogP contribution in [0.25, 0.3) is 75.5 Å². The molecule has 0 N–H and O–H groups in total. The number of rotatable bonds is 6. The van der Waals surface area contributed by atoms with Gasteiger partial charge in [0.25, 0.3) is 0 Å². The largest absolute Gasteiger partial charge is 0.456 e. The third-order valence-corrected chi connectivity index (χ3v) is 11.0. The first-order valence-corrected chi connectivity index (χ1v) is 18.1. The summed E-state index contributed by atoms with van der Waals surface area (Å²) in [4.78, 5) is 2.37. The van der Waals surface area contributed by atoms with Crippen LogP contribution in [0.4, 0.5) is 17.1 Å². The van der Waals surface area contributed by atoms with Crippen LogP contribution in [0.5, 0.6) is 0 Å². The lowest BCUT2D eigenvalue weighted by Gasteiger charge is -2.26. The van der Waals surface area contributed by atoms with Crippen LogP contribution in [0.2, 0.25) is 0 Å². The zero-order valence-electron chi connectivity index (χ0n) is 27.7. The van der Waals surface area contributed by atoms with Crippen LogP contribution in [0, 0.1) is 0 Å². The van der Waals surface area contributed by atoms with E-state index in [1.807, 2.05) is 23.5 Å². The summed E-state index contributed by atoms with van der Waals surface area (Å²) in [7, 11) is 0. The van der Waals surface area contributed by atoms with Gasteiger partial charge in [0.15, 0.2) is 0 Å². The Morgan fingerprint density at radius 2 is 0.863 bits per heavy atom. The van der Waals surface area contributed by atoms with Crippen molar-refractivity contribution in [2.24, 2.45) is 0 Å². The van der Waals surface area contributed by atoms with Gasteiger partial charge in [-0.1, -0.05) is 121 Å². The van der Waals surface area contributed by atoms with Crippen LogP contribution in [0.1, 0.15) is 0 Å². The number of thiophene rings is 1. The molecular weight excluding hydrogens is 639 g/mol. The Balaban J connectivity index is 1.12. The molecule has 0 aliphatic rings. The summed E-state index contributed by atoms with van der Waals surface area (Å²) in [5, 5.41) is 4.84. The molecule has 2 heterocycles. The van der Waals surface area contributed by atoms with E-state index in [9.17, 15) is 0 Å². The summed E-state index contributed by atoms with van der Waals surface area (Å²) in [5.41, 5.74) is 12.2. The molecule has 0 aliphatic heterocycles. The molecule has 0 aliphatic carbocycles. The fourth-order valence-electron chi connectivity index (χ4n) is 7.39. The fraction of sp³-hybridized carbons (Fsp3) is 0. The highest BCUT2D eigenvalue weighted by Crippen LogP contribution is 2.43. The second-order valence-corrected chi connectivity index (χ2v) is 14.0.